The average Bonchev–Trinajstić information content (AvgIpc) is 3.42. The molecular formula is C65H125NO10. The highest BCUT2D eigenvalue weighted by Gasteiger charge is 2.44. The predicted molar refractivity (Wildman–Crippen MR) is 316 cm³/mol. The zero-order valence-electron chi connectivity index (χ0n) is 49.5. The number of carbonyl (C=O) groups is 1. The van der Waals surface area contributed by atoms with Crippen molar-refractivity contribution in [1.82, 2.24) is 5.32 Å². The molecule has 1 amide bonds. The maximum absolute atomic E-state index is 13.2. The number of allylic oxidation sites excluding steroid dienone is 4. The molecule has 0 aromatic heterocycles. The maximum Gasteiger partial charge on any atom is 0.249 e. The van der Waals surface area contributed by atoms with Gasteiger partial charge in [-0.2, -0.15) is 0 Å². The van der Waals surface area contributed by atoms with E-state index in [2.05, 4.69) is 43.5 Å². The molecule has 0 spiro atoms. The molecule has 1 aliphatic heterocycles. The first-order valence-electron chi connectivity index (χ1n) is 32.7. The Morgan fingerprint density at radius 2 is 0.789 bits per heavy atom. The van der Waals surface area contributed by atoms with Crippen molar-refractivity contribution in [3.05, 3.63) is 24.3 Å². The molecule has 0 aromatic carbocycles. The van der Waals surface area contributed by atoms with Crippen LogP contribution in [0.5, 0.6) is 0 Å². The Labute approximate surface area is 467 Å². The molecule has 0 radical (unpaired) electrons. The molecule has 9 unspecified atom stereocenters. The van der Waals surface area contributed by atoms with E-state index < -0.39 is 74.2 Å². The lowest BCUT2D eigenvalue weighted by molar-refractivity contribution is -0.303. The average molecular weight is 1080 g/mol. The Bertz CT molecular complexity index is 1280. The van der Waals surface area contributed by atoms with Crippen LogP contribution < -0.4 is 5.32 Å². The molecule has 0 saturated carbocycles. The summed E-state index contributed by atoms with van der Waals surface area (Å²) in [6.07, 6.45) is 55.4. The minimum Gasteiger partial charge on any atom is -0.394 e. The largest absolute Gasteiger partial charge is 0.394 e. The maximum atomic E-state index is 13.2. The fourth-order valence-electron chi connectivity index (χ4n) is 10.7. The SMILES string of the molecule is CCCCCCCCCCCCCCCC/C=C/CC/C=C/CCCC(O)C(O)C(COC1OC(CO)C(O)C(O)C1O)NC(=O)C(O)CCCCCCCCCCCCCCCCCCCCCCCCCCCC. The number of aliphatic hydroxyl groups excluding tert-OH is 7. The highest BCUT2D eigenvalue weighted by Crippen LogP contribution is 2.24. The van der Waals surface area contributed by atoms with Crippen LogP contribution in [0.4, 0.5) is 0 Å². The number of aliphatic hydroxyl groups is 7. The van der Waals surface area contributed by atoms with Crippen LogP contribution in [0.15, 0.2) is 24.3 Å². The van der Waals surface area contributed by atoms with E-state index in [-0.39, 0.29) is 12.8 Å². The van der Waals surface area contributed by atoms with Crippen LogP contribution in [0.1, 0.15) is 316 Å². The van der Waals surface area contributed by atoms with Gasteiger partial charge in [-0.25, -0.2) is 0 Å². The van der Waals surface area contributed by atoms with E-state index in [1.165, 1.54) is 231 Å². The van der Waals surface area contributed by atoms with Gasteiger partial charge in [0.15, 0.2) is 6.29 Å². The van der Waals surface area contributed by atoms with E-state index in [1.807, 2.05) is 0 Å². The third-order valence-corrected chi connectivity index (χ3v) is 16.0. The molecule has 1 saturated heterocycles. The molecule has 76 heavy (non-hydrogen) atoms. The molecule has 0 bridgehead atoms. The molecule has 0 aromatic rings. The second-order valence-corrected chi connectivity index (χ2v) is 23.2. The fraction of sp³-hybridized carbons (Fsp3) is 0.923. The lowest BCUT2D eigenvalue weighted by Crippen LogP contribution is -2.60. The van der Waals surface area contributed by atoms with Crippen LogP contribution in [0.25, 0.3) is 0 Å². The van der Waals surface area contributed by atoms with Gasteiger partial charge in [0, 0.05) is 0 Å². The second-order valence-electron chi connectivity index (χ2n) is 23.2. The number of rotatable bonds is 57. The molecule has 9 atom stereocenters. The molecule has 450 valence electrons. The van der Waals surface area contributed by atoms with Crippen LogP contribution in [-0.2, 0) is 14.3 Å². The van der Waals surface area contributed by atoms with Gasteiger partial charge < -0.3 is 50.5 Å². The molecular weight excluding hydrogens is 955 g/mol. The summed E-state index contributed by atoms with van der Waals surface area (Å²) >= 11 is 0. The van der Waals surface area contributed by atoms with Gasteiger partial charge in [0.1, 0.15) is 36.6 Å². The van der Waals surface area contributed by atoms with Gasteiger partial charge in [0.25, 0.3) is 0 Å². The van der Waals surface area contributed by atoms with Gasteiger partial charge >= 0.3 is 0 Å². The van der Waals surface area contributed by atoms with Crippen LogP contribution in [0.3, 0.4) is 0 Å². The molecule has 8 N–H and O–H groups in total. The van der Waals surface area contributed by atoms with Gasteiger partial charge in [-0.15, -0.1) is 0 Å². The van der Waals surface area contributed by atoms with Gasteiger partial charge in [0.05, 0.1) is 25.4 Å². The third-order valence-electron chi connectivity index (χ3n) is 16.0. The number of hydrogen-bond donors (Lipinski definition) is 8. The Hall–Kier alpha value is -1.41. The molecule has 0 aliphatic carbocycles. The fourth-order valence-corrected chi connectivity index (χ4v) is 10.7. The van der Waals surface area contributed by atoms with Crippen molar-refractivity contribution in [1.29, 1.82) is 0 Å². The minimum absolute atomic E-state index is 0.249. The van der Waals surface area contributed by atoms with Crippen molar-refractivity contribution < 1.29 is 50.0 Å². The van der Waals surface area contributed by atoms with E-state index in [9.17, 15) is 40.5 Å². The smallest absolute Gasteiger partial charge is 0.249 e. The number of hydrogen-bond acceptors (Lipinski definition) is 10. The summed E-state index contributed by atoms with van der Waals surface area (Å²) in [6.45, 7) is 3.49. The van der Waals surface area contributed by atoms with Crippen molar-refractivity contribution in [2.24, 2.45) is 0 Å². The minimum atomic E-state index is -1.67. The van der Waals surface area contributed by atoms with Crippen molar-refractivity contribution in [3.63, 3.8) is 0 Å². The van der Waals surface area contributed by atoms with E-state index in [4.69, 9.17) is 9.47 Å². The van der Waals surface area contributed by atoms with Crippen LogP contribution >= 0.6 is 0 Å². The standard InChI is InChI=1S/C65H125NO10/c1-3-5-7-9-11-13-15-17-19-21-23-25-27-28-29-31-33-35-37-39-41-43-45-47-49-51-53-58(69)64(74)66-56(55-75-65-63(73)62(72)61(71)59(54-67)76-65)60(70)57(68)52-50-48-46-44-42-40-38-36-34-32-30-26-24-22-20-18-16-14-12-10-8-6-4-2/h36,38,44,46,56-63,65,67-73H,3-35,37,39-43,45,47-55H2,1-2H3,(H,66,74)/b38-36+,46-44+. The van der Waals surface area contributed by atoms with Crippen molar-refractivity contribution in [2.75, 3.05) is 13.2 Å². The van der Waals surface area contributed by atoms with Crippen molar-refractivity contribution in [2.45, 2.75) is 371 Å². The lowest BCUT2D eigenvalue weighted by Gasteiger charge is -2.40. The second kappa shape index (κ2) is 54.2. The van der Waals surface area contributed by atoms with Gasteiger partial charge in [-0.1, -0.05) is 289 Å². The lowest BCUT2D eigenvalue weighted by atomic mass is 9.98. The zero-order valence-corrected chi connectivity index (χ0v) is 49.5. The van der Waals surface area contributed by atoms with E-state index in [1.54, 1.807) is 0 Å². The Morgan fingerprint density at radius 3 is 1.17 bits per heavy atom. The summed E-state index contributed by atoms with van der Waals surface area (Å²) in [5.41, 5.74) is 0. The molecule has 1 aliphatic rings. The molecule has 1 fully saturated rings. The van der Waals surface area contributed by atoms with Crippen LogP contribution in [0, 0.1) is 0 Å². The monoisotopic (exact) mass is 1080 g/mol. The first-order valence-corrected chi connectivity index (χ1v) is 32.7. The highest BCUT2D eigenvalue weighted by molar-refractivity contribution is 5.80. The molecule has 11 heteroatoms. The van der Waals surface area contributed by atoms with Gasteiger partial charge in [-0.05, 0) is 51.4 Å². The summed E-state index contributed by atoms with van der Waals surface area (Å²) in [7, 11) is 0. The quantitative estimate of drug-likeness (QED) is 0.0215. The summed E-state index contributed by atoms with van der Waals surface area (Å²) in [4.78, 5) is 13.2. The number of nitrogens with one attached hydrogen (secondary N) is 1. The third kappa shape index (κ3) is 41.6. The number of unbranched alkanes of at least 4 members (excludes halogenated alkanes) is 41. The van der Waals surface area contributed by atoms with E-state index >= 15 is 0 Å². The normalized spacial score (nSPS) is 19.7. The summed E-state index contributed by atoms with van der Waals surface area (Å²) in [5, 5.41) is 76.3. The van der Waals surface area contributed by atoms with Crippen molar-refractivity contribution in [3.8, 4) is 0 Å². The molecule has 1 heterocycles. The summed E-state index contributed by atoms with van der Waals surface area (Å²) < 4.78 is 11.2. The Kier molecular flexibility index (Phi) is 51.8. The number of ether oxygens (including phenoxy) is 2. The number of amides is 1. The molecule has 1 rings (SSSR count). The summed E-state index contributed by atoms with van der Waals surface area (Å²) in [5.74, 6) is -0.704. The zero-order chi connectivity index (χ0) is 55.4. The van der Waals surface area contributed by atoms with Gasteiger partial charge in [0.2, 0.25) is 5.91 Å². The number of carbonyl (C=O) groups excluding carboxylic acids is 1. The predicted octanol–water partition coefficient (Wildman–Crippen LogP) is 14.9. The van der Waals surface area contributed by atoms with Crippen LogP contribution in [-0.4, -0.2) is 110 Å². The summed E-state index contributed by atoms with van der Waals surface area (Å²) in [6, 6.07) is -1.19. The Balaban J connectivity index is 2.26. The van der Waals surface area contributed by atoms with Crippen molar-refractivity contribution >= 4 is 5.91 Å². The highest BCUT2D eigenvalue weighted by atomic mass is 16.7. The topological polar surface area (TPSA) is 189 Å². The first kappa shape index (κ1) is 72.6. The van der Waals surface area contributed by atoms with Gasteiger partial charge in [-0.3, -0.25) is 4.79 Å². The first-order chi connectivity index (χ1) is 37.2. The Morgan fingerprint density at radius 1 is 0.447 bits per heavy atom. The van der Waals surface area contributed by atoms with Crippen LogP contribution in [0.2, 0.25) is 0 Å². The van der Waals surface area contributed by atoms with E-state index in [0.29, 0.717) is 19.3 Å². The van der Waals surface area contributed by atoms with E-state index in [0.717, 1.165) is 38.5 Å². The molecule has 11 nitrogen and oxygen atoms in total.